The second-order valence-corrected chi connectivity index (χ2v) is 5.34. The molecule has 1 aliphatic rings. The van der Waals surface area contributed by atoms with Gasteiger partial charge in [-0.2, -0.15) is 0 Å². The monoisotopic (exact) mass is 247 g/mol. The number of fused-ring (bicyclic) bond motifs is 1. The smallest absolute Gasteiger partial charge is 0.323 e. The van der Waals surface area contributed by atoms with E-state index in [0.29, 0.717) is 6.42 Å². The van der Waals surface area contributed by atoms with Crippen molar-refractivity contribution < 1.29 is 9.90 Å². The third kappa shape index (κ3) is 2.56. The minimum Gasteiger partial charge on any atom is -0.480 e. The van der Waals surface area contributed by atoms with E-state index >= 15 is 0 Å². The van der Waals surface area contributed by atoms with Gasteiger partial charge >= 0.3 is 5.97 Å². The molecule has 0 aromatic heterocycles. The van der Waals surface area contributed by atoms with Gasteiger partial charge < -0.3 is 5.11 Å². The predicted octanol–water partition coefficient (Wildman–Crippen LogP) is 2.39. The molecule has 1 aromatic carbocycles. The normalized spacial score (nSPS) is 22.0. The van der Waals surface area contributed by atoms with Crippen molar-refractivity contribution >= 4 is 5.97 Å². The van der Waals surface area contributed by atoms with Gasteiger partial charge in [0.15, 0.2) is 0 Å². The average molecular weight is 247 g/mol. The highest BCUT2D eigenvalue weighted by Gasteiger charge is 2.34. The van der Waals surface area contributed by atoms with E-state index in [2.05, 4.69) is 29.6 Å². The van der Waals surface area contributed by atoms with Gasteiger partial charge in [0.1, 0.15) is 5.54 Å². The molecule has 3 heteroatoms. The summed E-state index contributed by atoms with van der Waals surface area (Å²) in [5, 5.41) is 12.6. The van der Waals surface area contributed by atoms with Crippen LogP contribution in [0.5, 0.6) is 0 Å². The molecule has 2 unspecified atom stereocenters. The summed E-state index contributed by atoms with van der Waals surface area (Å²) in [6.07, 6.45) is 3.58. The molecular formula is C15H21NO2. The van der Waals surface area contributed by atoms with Crippen molar-refractivity contribution in [1.29, 1.82) is 0 Å². The fraction of sp³-hybridized carbons (Fsp3) is 0.533. The van der Waals surface area contributed by atoms with Gasteiger partial charge in [-0.15, -0.1) is 0 Å². The third-order valence-electron chi connectivity index (χ3n) is 4.05. The van der Waals surface area contributed by atoms with Crippen molar-refractivity contribution in [2.45, 2.75) is 51.1 Å². The molecule has 2 rings (SSSR count). The van der Waals surface area contributed by atoms with Gasteiger partial charge in [-0.3, -0.25) is 10.1 Å². The van der Waals surface area contributed by atoms with Crippen LogP contribution in [0.2, 0.25) is 0 Å². The fourth-order valence-electron chi connectivity index (χ4n) is 2.59. The zero-order chi connectivity index (χ0) is 13.2. The maximum absolute atomic E-state index is 11.3. The van der Waals surface area contributed by atoms with E-state index in [1.165, 1.54) is 11.1 Å². The van der Waals surface area contributed by atoms with Crippen LogP contribution in [0.3, 0.4) is 0 Å². The molecule has 0 aliphatic heterocycles. The largest absolute Gasteiger partial charge is 0.480 e. The molecule has 0 saturated heterocycles. The van der Waals surface area contributed by atoms with Gasteiger partial charge in [-0.05, 0) is 43.7 Å². The molecule has 18 heavy (non-hydrogen) atoms. The van der Waals surface area contributed by atoms with Crippen molar-refractivity contribution in [2.24, 2.45) is 0 Å². The molecule has 1 aromatic rings. The molecular weight excluding hydrogens is 226 g/mol. The van der Waals surface area contributed by atoms with Gasteiger partial charge in [-0.1, -0.05) is 31.2 Å². The first-order valence-corrected chi connectivity index (χ1v) is 6.63. The van der Waals surface area contributed by atoms with E-state index in [1.54, 1.807) is 6.92 Å². The average Bonchev–Trinajstić information content (AvgIpc) is 2.38. The number of nitrogens with one attached hydrogen (secondary N) is 1. The lowest BCUT2D eigenvalue weighted by molar-refractivity contribution is -0.144. The summed E-state index contributed by atoms with van der Waals surface area (Å²) >= 11 is 0. The number of rotatable bonds is 4. The number of hydrogen-bond acceptors (Lipinski definition) is 2. The summed E-state index contributed by atoms with van der Waals surface area (Å²) in [6.45, 7) is 3.69. The second-order valence-electron chi connectivity index (χ2n) is 5.34. The second kappa shape index (κ2) is 5.11. The van der Waals surface area contributed by atoms with Crippen LogP contribution in [-0.4, -0.2) is 22.7 Å². The minimum atomic E-state index is -0.809. The quantitative estimate of drug-likeness (QED) is 0.859. The fourth-order valence-corrected chi connectivity index (χ4v) is 2.59. The molecule has 0 heterocycles. The van der Waals surface area contributed by atoms with Crippen molar-refractivity contribution in [3.05, 3.63) is 35.4 Å². The molecule has 0 spiro atoms. The molecule has 2 atom stereocenters. The number of carbonyl (C=O) groups is 1. The zero-order valence-electron chi connectivity index (χ0n) is 11.1. The molecule has 0 amide bonds. The number of hydrogen-bond donors (Lipinski definition) is 2. The molecule has 2 N–H and O–H groups in total. The van der Waals surface area contributed by atoms with Crippen LogP contribution in [0.4, 0.5) is 0 Å². The summed E-state index contributed by atoms with van der Waals surface area (Å²) in [4.78, 5) is 11.3. The van der Waals surface area contributed by atoms with E-state index in [-0.39, 0.29) is 6.04 Å². The van der Waals surface area contributed by atoms with Crippen LogP contribution in [-0.2, 0) is 17.6 Å². The van der Waals surface area contributed by atoms with Crippen LogP contribution in [0.1, 0.15) is 37.8 Å². The highest BCUT2D eigenvalue weighted by molar-refractivity contribution is 5.78. The number of carboxylic acid groups (broad SMARTS) is 1. The Hall–Kier alpha value is -1.35. The number of aryl methyl sites for hydroxylation is 1. The van der Waals surface area contributed by atoms with Gasteiger partial charge in [0.25, 0.3) is 0 Å². The highest BCUT2D eigenvalue weighted by Crippen LogP contribution is 2.23. The Balaban J connectivity index is 2.08. The standard InChI is InChI=1S/C15H21NO2/c1-3-15(2,14(17)18)16-13-9-8-11-6-4-5-7-12(11)10-13/h4-7,13,16H,3,8-10H2,1-2H3,(H,17,18). The van der Waals surface area contributed by atoms with Crippen molar-refractivity contribution in [1.82, 2.24) is 5.32 Å². The van der Waals surface area contributed by atoms with E-state index in [4.69, 9.17) is 0 Å². The predicted molar refractivity (Wildman–Crippen MR) is 71.7 cm³/mol. The van der Waals surface area contributed by atoms with Crippen molar-refractivity contribution in [3.63, 3.8) is 0 Å². The summed E-state index contributed by atoms with van der Waals surface area (Å²) in [5.74, 6) is -0.760. The summed E-state index contributed by atoms with van der Waals surface area (Å²) in [6, 6.07) is 8.70. The van der Waals surface area contributed by atoms with Crippen LogP contribution in [0, 0.1) is 0 Å². The highest BCUT2D eigenvalue weighted by atomic mass is 16.4. The molecule has 3 nitrogen and oxygen atoms in total. The first kappa shape index (κ1) is 13.1. The first-order chi connectivity index (χ1) is 8.55. The third-order valence-corrected chi connectivity index (χ3v) is 4.05. The van der Waals surface area contributed by atoms with Gasteiger partial charge in [0, 0.05) is 6.04 Å². The lowest BCUT2D eigenvalue weighted by Gasteiger charge is -2.33. The molecule has 98 valence electrons. The van der Waals surface area contributed by atoms with Gasteiger partial charge in [-0.25, -0.2) is 0 Å². The van der Waals surface area contributed by atoms with Crippen LogP contribution in [0.25, 0.3) is 0 Å². The van der Waals surface area contributed by atoms with Gasteiger partial charge in [0.05, 0.1) is 0 Å². The van der Waals surface area contributed by atoms with E-state index in [1.807, 2.05) is 6.92 Å². The Kier molecular flexibility index (Phi) is 3.71. The SMILES string of the molecule is CCC(C)(NC1CCc2ccccc2C1)C(=O)O. The van der Waals surface area contributed by atoms with Crippen LogP contribution in [0.15, 0.2) is 24.3 Å². The lowest BCUT2D eigenvalue weighted by atomic mass is 9.86. The van der Waals surface area contributed by atoms with Crippen LogP contribution >= 0.6 is 0 Å². The Bertz CT molecular complexity index is 444. The van der Waals surface area contributed by atoms with Gasteiger partial charge in [0.2, 0.25) is 0 Å². The molecule has 0 fully saturated rings. The summed E-state index contributed by atoms with van der Waals surface area (Å²) < 4.78 is 0. The lowest BCUT2D eigenvalue weighted by Crippen LogP contribution is -2.54. The first-order valence-electron chi connectivity index (χ1n) is 6.63. The van der Waals surface area contributed by atoms with Crippen LogP contribution < -0.4 is 5.32 Å². The molecule has 0 bridgehead atoms. The topological polar surface area (TPSA) is 49.3 Å². The van der Waals surface area contributed by atoms with E-state index in [9.17, 15) is 9.90 Å². The Morgan fingerprint density at radius 1 is 1.44 bits per heavy atom. The summed E-state index contributed by atoms with van der Waals surface area (Å²) in [5.41, 5.74) is 1.95. The minimum absolute atomic E-state index is 0.265. The Morgan fingerprint density at radius 3 is 2.72 bits per heavy atom. The zero-order valence-corrected chi connectivity index (χ0v) is 11.1. The molecule has 0 saturated carbocycles. The van der Waals surface area contributed by atoms with Crippen molar-refractivity contribution in [2.75, 3.05) is 0 Å². The number of benzene rings is 1. The van der Waals surface area contributed by atoms with E-state index in [0.717, 1.165) is 19.3 Å². The van der Waals surface area contributed by atoms with E-state index < -0.39 is 11.5 Å². The molecule has 1 aliphatic carbocycles. The van der Waals surface area contributed by atoms with Crippen molar-refractivity contribution in [3.8, 4) is 0 Å². The molecule has 0 radical (unpaired) electrons. The number of carboxylic acids is 1. The Morgan fingerprint density at radius 2 is 2.11 bits per heavy atom. The number of aliphatic carboxylic acids is 1. The maximum Gasteiger partial charge on any atom is 0.323 e. The summed E-state index contributed by atoms with van der Waals surface area (Å²) in [7, 11) is 0. The maximum atomic E-state index is 11.3. The Labute approximate surface area is 108 Å².